The van der Waals surface area contributed by atoms with Gasteiger partial charge in [0.1, 0.15) is 6.04 Å². The first kappa shape index (κ1) is 18.1. The number of rotatable bonds is 4. The van der Waals surface area contributed by atoms with E-state index < -0.39 is 0 Å². The lowest BCUT2D eigenvalue weighted by molar-refractivity contribution is 0.122. The molecule has 2 N–H and O–H groups in total. The van der Waals surface area contributed by atoms with Crippen LogP contribution in [0.1, 0.15) is 23.5 Å². The highest BCUT2D eigenvalue weighted by atomic mass is 32.1. The van der Waals surface area contributed by atoms with E-state index in [1.807, 2.05) is 36.7 Å². The van der Waals surface area contributed by atoms with Gasteiger partial charge in [-0.3, -0.25) is 4.98 Å². The number of hydrogen-bond donors (Lipinski definition) is 2. The van der Waals surface area contributed by atoms with Crippen LogP contribution in [0.4, 0.5) is 11.4 Å². The van der Waals surface area contributed by atoms with Crippen LogP contribution in [0.15, 0.2) is 67.0 Å². The van der Waals surface area contributed by atoms with Crippen LogP contribution in [0.2, 0.25) is 0 Å². The molecule has 3 aromatic rings. The highest BCUT2D eigenvalue weighted by Crippen LogP contribution is 2.41. The fourth-order valence-corrected chi connectivity index (χ4v) is 4.47. The summed E-state index contributed by atoms with van der Waals surface area (Å²) in [7, 11) is 0. The van der Waals surface area contributed by atoms with E-state index in [2.05, 4.69) is 55.4 Å². The molecule has 7 heteroatoms. The molecular weight excluding hydrogens is 382 g/mol. The number of nitrogens with zero attached hydrogens (tertiary/aromatic N) is 3. The molecule has 0 unspecified atom stereocenters. The van der Waals surface area contributed by atoms with Crippen molar-refractivity contribution < 1.29 is 4.74 Å². The van der Waals surface area contributed by atoms with Crippen molar-refractivity contribution in [1.82, 2.24) is 15.3 Å². The van der Waals surface area contributed by atoms with E-state index >= 15 is 0 Å². The molecule has 2 aliphatic rings. The van der Waals surface area contributed by atoms with E-state index in [-0.39, 0.29) is 12.1 Å². The molecule has 2 aromatic heterocycles. The Bertz CT molecular complexity index is 955. The maximum absolute atomic E-state index is 5.75. The molecule has 0 aliphatic carbocycles. The summed E-state index contributed by atoms with van der Waals surface area (Å²) in [5.41, 5.74) is 4.36. The lowest BCUT2D eigenvalue weighted by Crippen LogP contribution is -2.36. The molecule has 4 heterocycles. The number of aromatic nitrogens is 2. The van der Waals surface area contributed by atoms with E-state index in [1.165, 1.54) is 5.69 Å². The molecule has 2 aliphatic heterocycles. The standard InChI is InChI=1S/C22H23N5OS/c29-22-25-20(18-4-1-2-10-23-18)21(19-5-3-11-24-19)27(22)17-8-6-16(7-9-17)26-12-14-28-15-13-26/h1-11,20-21,24H,12-15H2,(H,25,29)/t20-,21-/m0/s1. The van der Waals surface area contributed by atoms with Crippen LogP contribution in [-0.2, 0) is 4.74 Å². The molecule has 29 heavy (non-hydrogen) atoms. The summed E-state index contributed by atoms with van der Waals surface area (Å²) in [6.07, 6.45) is 3.78. The number of ether oxygens (including phenoxy) is 1. The molecule has 0 saturated carbocycles. The van der Waals surface area contributed by atoms with Gasteiger partial charge in [0, 0.05) is 42.6 Å². The van der Waals surface area contributed by atoms with Crippen molar-refractivity contribution in [1.29, 1.82) is 0 Å². The summed E-state index contributed by atoms with van der Waals surface area (Å²) in [6.45, 7) is 3.41. The zero-order valence-corrected chi connectivity index (χ0v) is 16.8. The Labute approximate surface area is 175 Å². The van der Waals surface area contributed by atoms with Gasteiger partial charge in [0.05, 0.1) is 24.9 Å². The Kier molecular flexibility index (Phi) is 4.91. The summed E-state index contributed by atoms with van der Waals surface area (Å²) in [4.78, 5) is 12.5. The quantitative estimate of drug-likeness (QED) is 0.649. The second kappa shape index (κ2) is 7.85. The molecule has 6 nitrogen and oxygen atoms in total. The van der Waals surface area contributed by atoms with Crippen molar-refractivity contribution in [3.63, 3.8) is 0 Å². The van der Waals surface area contributed by atoms with Gasteiger partial charge in [0.2, 0.25) is 0 Å². The van der Waals surface area contributed by atoms with E-state index in [1.54, 1.807) is 0 Å². The molecule has 0 radical (unpaired) electrons. The van der Waals surface area contributed by atoms with Gasteiger partial charge >= 0.3 is 0 Å². The number of thiocarbonyl (C=S) groups is 1. The molecule has 0 bridgehead atoms. The molecule has 2 saturated heterocycles. The molecule has 0 spiro atoms. The second-order valence-electron chi connectivity index (χ2n) is 7.24. The lowest BCUT2D eigenvalue weighted by atomic mass is 10.0. The fourth-order valence-electron chi connectivity index (χ4n) is 4.12. The lowest BCUT2D eigenvalue weighted by Gasteiger charge is -2.30. The SMILES string of the molecule is S=C1N[C@@H](c2ccccn2)[C@H](c2ccc[nH]2)N1c1ccc(N2CCOCC2)cc1. The fraction of sp³-hybridized carbons (Fsp3) is 0.273. The van der Waals surface area contributed by atoms with E-state index in [0.29, 0.717) is 5.11 Å². The van der Waals surface area contributed by atoms with E-state index in [4.69, 9.17) is 17.0 Å². The highest BCUT2D eigenvalue weighted by molar-refractivity contribution is 7.80. The maximum atomic E-state index is 5.75. The third-order valence-electron chi connectivity index (χ3n) is 5.54. The summed E-state index contributed by atoms with van der Waals surface area (Å²) >= 11 is 5.75. The van der Waals surface area contributed by atoms with Gasteiger partial charge in [-0.05, 0) is 60.7 Å². The van der Waals surface area contributed by atoms with Crippen molar-refractivity contribution in [2.75, 3.05) is 36.1 Å². The molecule has 2 atom stereocenters. The largest absolute Gasteiger partial charge is 0.378 e. The van der Waals surface area contributed by atoms with Gasteiger partial charge in [-0.25, -0.2) is 0 Å². The van der Waals surface area contributed by atoms with Crippen molar-refractivity contribution in [3.05, 3.63) is 78.4 Å². The number of benzene rings is 1. The summed E-state index contributed by atoms with van der Waals surface area (Å²) in [5.74, 6) is 0. The van der Waals surface area contributed by atoms with Crippen LogP contribution < -0.4 is 15.1 Å². The number of H-pyrrole nitrogens is 1. The van der Waals surface area contributed by atoms with E-state index in [9.17, 15) is 0 Å². The van der Waals surface area contributed by atoms with Gasteiger partial charge in [-0.15, -0.1) is 0 Å². The van der Waals surface area contributed by atoms with Gasteiger partial charge in [0.25, 0.3) is 0 Å². The highest BCUT2D eigenvalue weighted by Gasteiger charge is 2.41. The maximum Gasteiger partial charge on any atom is 0.174 e. The second-order valence-corrected chi connectivity index (χ2v) is 7.62. The minimum atomic E-state index is -0.0266. The van der Waals surface area contributed by atoms with Crippen molar-refractivity contribution in [2.24, 2.45) is 0 Å². The van der Waals surface area contributed by atoms with Crippen molar-refractivity contribution in [2.45, 2.75) is 12.1 Å². The molecule has 148 valence electrons. The minimum Gasteiger partial charge on any atom is -0.378 e. The van der Waals surface area contributed by atoms with E-state index in [0.717, 1.165) is 43.4 Å². The first-order valence-corrected chi connectivity index (χ1v) is 10.3. The Balaban J connectivity index is 1.48. The first-order valence-electron chi connectivity index (χ1n) is 9.88. The monoisotopic (exact) mass is 405 g/mol. The van der Waals surface area contributed by atoms with Crippen molar-refractivity contribution >= 4 is 28.7 Å². The molecule has 5 rings (SSSR count). The van der Waals surface area contributed by atoms with Crippen molar-refractivity contribution in [3.8, 4) is 0 Å². The number of morpholine rings is 1. The number of hydrogen-bond acceptors (Lipinski definition) is 4. The van der Waals surface area contributed by atoms with Crippen LogP contribution >= 0.6 is 12.2 Å². The Morgan fingerprint density at radius 2 is 1.76 bits per heavy atom. The minimum absolute atomic E-state index is 0.00152. The average Bonchev–Trinajstić information content (AvgIpc) is 3.43. The van der Waals surface area contributed by atoms with Crippen LogP contribution in [0.3, 0.4) is 0 Å². The zero-order chi connectivity index (χ0) is 19.6. The number of aromatic amines is 1. The third kappa shape index (κ3) is 3.47. The molecule has 2 fully saturated rings. The first-order chi connectivity index (χ1) is 14.3. The normalized spacial score (nSPS) is 22.0. The summed E-state index contributed by atoms with van der Waals surface area (Å²) < 4.78 is 5.46. The third-order valence-corrected chi connectivity index (χ3v) is 5.86. The zero-order valence-electron chi connectivity index (χ0n) is 16.0. The van der Waals surface area contributed by atoms with Gasteiger partial charge < -0.3 is 24.8 Å². The van der Waals surface area contributed by atoms with Crippen LogP contribution in [0.5, 0.6) is 0 Å². The van der Waals surface area contributed by atoms with Gasteiger partial charge in [-0.1, -0.05) is 6.07 Å². The van der Waals surface area contributed by atoms with Crippen LogP contribution in [-0.4, -0.2) is 41.4 Å². The molecular formula is C22H23N5OS. The van der Waals surface area contributed by atoms with Gasteiger partial charge in [0.15, 0.2) is 5.11 Å². The Morgan fingerprint density at radius 3 is 2.45 bits per heavy atom. The molecule has 0 amide bonds. The topological polar surface area (TPSA) is 56.4 Å². The Hall–Kier alpha value is -2.90. The average molecular weight is 406 g/mol. The smallest absolute Gasteiger partial charge is 0.174 e. The van der Waals surface area contributed by atoms with Crippen LogP contribution in [0, 0.1) is 0 Å². The number of anilines is 2. The van der Waals surface area contributed by atoms with Crippen LogP contribution in [0.25, 0.3) is 0 Å². The summed E-state index contributed by atoms with van der Waals surface area (Å²) in [6, 6.07) is 18.7. The number of nitrogens with one attached hydrogen (secondary N) is 2. The summed E-state index contributed by atoms with van der Waals surface area (Å²) in [5, 5.41) is 4.19. The molecule has 1 aromatic carbocycles. The number of pyridine rings is 1. The Morgan fingerprint density at radius 1 is 0.966 bits per heavy atom. The van der Waals surface area contributed by atoms with Gasteiger partial charge in [-0.2, -0.15) is 0 Å². The predicted octanol–water partition coefficient (Wildman–Crippen LogP) is 3.42. The predicted molar refractivity (Wildman–Crippen MR) is 118 cm³/mol.